The van der Waals surface area contributed by atoms with Crippen LogP contribution in [0.25, 0.3) is 0 Å². The van der Waals surface area contributed by atoms with Gasteiger partial charge >= 0.3 is 0 Å². The first kappa shape index (κ1) is 11.8. The number of piperazine rings is 1. The minimum absolute atomic E-state index is 0.000318. The molecule has 0 radical (unpaired) electrons. The van der Waals surface area contributed by atoms with Gasteiger partial charge in [-0.25, -0.2) is 5.01 Å². The van der Waals surface area contributed by atoms with Crippen molar-refractivity contribution in [1.29, 1.82) is 0 Å². The number of hydrogen-bond donors (Lipinski definition) is 2. The molecule has 5 heteroatoms. The third-order valence-corrected chi connectivity index (χ3v) is 3.59. The normalized spacial score (nSPS) is 32.9. The summed E-state index contributed by atoms with van der Waals surface area (Å²) in [6.45, 7) is 6.98. The molecule has 2 aliphatic rings. The fraction of sp³-hybridized carbons (Fsp3) is 0.909. The maximum absolute atomic E-state index is 12.0. The summed E-state index contributed by atoms with van der Waals surface area (Å²) in [7, 11) is 2.11. The molecular weight excluding hydrogens is 204 g/mol. The molecule has 0 aromatic heterocycles. The summed E-state index contributed by atoms with van der Waals surface area (Å²) in [6, 6.07) is -0.000318. The van der Waals surface area contributed by atoms with E-state index in [9.17, 15) is 4.79 Å². The fourth-order valence-electron chi connectivity index (χ4n) is 2.33. The van der Waals surface area contributed by atoms with Crippen molar-refractivity contribution in [3.63, 3.8) is 0 Å². The van der Waals surface area contributed by atoms with Crippen molar-refractivity contribution in [2.45, 2.75) is 19.4 Å². The number of likely N-dealkylation sites (N-methyl/N-ethyl adjacent to an activating group) is 1. The zero-order chi connectivity index (χ0) is 11.5. The molecule has 0 aromatic carbocycles. The summed E-state index contributed by atoms with van der Waals surface area (Å²) in [6.07, 6.45) is 1.10. The van der Waals surface area contributed by atoms with Crippen LogP contribution in [0.5, 0.6) is 0 Å². The molecule has 2 aliphatic heterocycles. The van der Waals surface area contributed by atoms with Crippen LogP contribution >= 0.6 is 0 Å². The molecule has 2 rings (SSSR count). The summed E-state index contributed by atoms with van der Waals surface area (Å²) in [5.74, 6) is 0.585. The molecule has 2 heterocycles. The number of carbonyl (C=O) groups is 1. The largest absolute Gasteiger partial charge is 0.306 e. The van der Waals surface area contributed by atoms with E-state index in [2.05, 4.69) is 29.6 Å². The van der Waals surface area contributed by atoms with Crippen LogP contribution in [0.1, 0.15) is 13.3 Å². The van der Waals surface area contributed by atoms with Gasteiger partial charge in [0.15, 0.2) is 0 Å². The highest BCUT2D eigenvalue weighted by atomic mass is 16.2. The minimum atomic E-state index is -0.000318. The second-order valence-electron chi connectivity index (χ2n) is 4.96. The smallest absolute Gasteiger partial charge is 0.251 e. The molecule has 2 N–H and O–H groups in total. The van der Waals surface area contributed by atoms with Crippen LogP contribution < -0.4 is 10.7 Å². The Bertz CT molecular complexity index is 250. The molecule has 92 valence electrons. The molecule has 0 spiro atoms. The first-order chi connectivity index (χ1) is 7.66. The van der Waals surface area contributed by atoms with Crippen LogP contribution in [-0.4, -0.2) is 61.6 Å². The van der Waals surface area contributed by atoms with Crippen molar-refractivity contribution in [2.24, 2.45) is 5.92 Å². The number of hydrazine groups is 1. The van der Waals surface area contributed by atoms with Crippen LogP contribution in [0.3, 0.4) is 0 Å². The van der Waals surface area contributed by atoms with E-state index in [1.807, 2.05) is 5.01 Å². The van der Waals surface area contributed by atoms with Gasteiger partial charge in [-0.3, -0.25) is 10.2 Å². The quantitative estimate of drug-likeness (QED) is 0.651. The van der Waals surface area contributed by atoms with Crippen molar-refractivity contribution >= 4 is 5.91 Å². The van der Waals surface area contributed by atoms with Crippen molar-refractivity contribution in [3.8, 4) is 0 Å². The number of rotatable bonds is 2. The Balaban J connectivity index is 1.78. The first-order valence-corrected chi connectivity index (χ1v) is 6.14. The summed E-state index contributed by atoms with van der Waals surface area (Å²) in [4.78, 5) is 14.3. The van der Waals surface area contributed by atoms with Crippen LogP contribution in [0.2, 0.25) is 0 Å². The average molecular weight is 226 g/mol. The molecule has 5 nitrogen and oxygen atoms in total. The van der Waals surface area contributed by atoms with E-state index < -0.39 is 0 Å². The third kappa shape index (κ3) is 2.72. The molecular formula is C11H22N4O. The highest BCUT2D eigenvalue weighted by molar-refractivity contribution is 5.81. The number of amides is 1. The van der Waals surface area contributed by atoms with Gasteiger partial charge in [-0.1, -0.05) is 6.92 Å². The SMILES string of the molecule is CC1CCNC1C(=O)NN1CCN(C)CC1. The first-order valence-electron chi connectivity index (χ1n) is 6.14. The number of hydrogen-bond acceptors (Lipinski definition) is 4. The summed E-state index contributed by atoms with van der Waals surface area (Å²) >= 11 is 0. The van der Waals surface area contributed by atoms with Crippen molar-refractivity contribution in [1.82, 2.24) is 20.7 Å². The Labute approximate surface area is 97.1 Å². The second kappa shape index (κ2) is 5.12. The lowest BCUT2D eigenvalue weighted by atomic mass is 10.0. The van der Waals surface area contributed by atoms with Crippen LogP contribution in [0.4, 0.5) is 0 Å². The molecule has 0 saturated carbocycles. The summed E-state index contributed by atoms with van der Waals surface area (Å²) in [5, 5.41) is 5.29. The molecule has 16 heavy (non-hydrogen) atoms. The van der Waals surface area contributed by atoms with E-state index in [-0.39, 0.29) is 11.9 Å². The molecule has 0 aliphatic carbocycles. The zero-order valence-electron chi connectivity index (χ0n) is 10.2. The molecule has 2 atom stereocenters. The van der Waals surface area contributed by atoms with Crippen molar-refractivity contribution in [2.75, 3.05) is 39.8 Å². The van der Waals surface area contributed by atoms with Crippen molar-refractivity contribution < 1.29 is 4.79 Å². The minimum Gasteiger partial charge on any atom is -0.306 e. The summed E-state index contributed by atoms with van der Waals surface area (Å²) < 4.78 is 0. The highest BCUT2D eigenvalue weighted by Gasteiger charge is 2.30. The molecule has 2 saturated heterocycles. The Morgan fingerprint density at radius 1 is 1.31 bits per heavy atom. The molecule has 0 bridgehead atoms. The van der Waals surface area contributed by atoms with Gasteiger partial charge in [-0.2, -0.15) is 0 Å². The van der Waals surface area contributed by atoms with Gasteiger partial charge in [-0.05, 0) is 25.9 Å². The van der Waals surface area contributed by atoms with Gasteiger partial charge in [0, 0.05) is 26.2 Å². The fourth-order valence-corrected chi connectivity index (χ4v) is 2.33. The van der Waals surface area contributed by atoms with Gasteiger partial charge < -0.3 is 10.2 Å². The van der Waals surface area contributed by atoms with E-state index in [1.165, 1.54) is 0 Å². The van der Waals surface area contributed by atoms with Crippen LogP contribution in [-0.2, 0) is 4.79 Å². The van der Waals surface area contributed by atoms with Gasteiger partial charge in [0.1, 0.15) is 0 Å². The Morgan fingerprint density at radius 3 is 2.56 bits per heavy atom. The average Bonchev–Trinajstić information content (AvgIpc) is 2.68. The second-order valence-corrected chi connectivity index (χ2v) is 4.96. The Kier molecular flexibility index (Phi) is 3.78. The van der Waals surface area contributed by atoms with Crippen LogP contribution in [0, 0.1) is 5.92 Å². The van der Waals surface area contributed by atoms with Gasteiger partial charge in [-0.15, -0.1) is 0 Å². The monoisotopic (exact) mass is 226 g/mol. The number of nitrogens with one attached hydrogen (secondary N) is 2. The topological polar surface area (TPSA) is 47.6 Å². The highest BCUT2D eigenvalue weighted by Crippen LogP contribution is 2.14. The standard InChI is InChI=1S/C11H22N4O/c1-9-3-4-12-10(9)11(16)13-15-7-5-14(2)6-8-15/h9-10,12H,3-8H2,1-2H3,(H,13,16). The van der Waals surface area contributed by atoms with E-state index >= 15 is 0 Å². The number of carbonyl (C=O) groups excluding carboxylic acids is 1. The van der Waals surface area contributed by atoms with Crippen LogP contribution in [0.15, 0.2) is 0 Å². The molecule has 2 unspecified atom stereocenters. The van der Waals surface area contributed by atoms with E-state index in [4.69, 9.17) is 0 Å². The molecule has 0 aromatic rings. The molecule has 2 fully saturated rings. The van der Waals surface area contributed by atoms with Gasteiger partial charge in [0.2, 0.25) is 0 Å². The maximum Gasteiger partial charge on any atom is 0.251 e. The third-order valence-electron chi connectivity index (χ3n) is 3.59. The van der Waals surface area contributed by atoms with E-state index in [0.29, 0.717) is 5.92 Å². The maximum atomic E-state index is 12.0. The lowest BCUT2D eigenvalue weighted by molar-refractivity contribution is -0.129. The predicted octanol–water partition coefficient (Wildman–Crippen LogP) is -0.737. The van der Waals surface area contributed by atoms with E-state index in [0.717, 1.165) is 39.1 Å². The Morgan fingerprint density at radius 2 is 2.00 bits per heavy atom. The molecule has 1 amide bonds. The summed E-state index contributed by atoms with van der Waals surface area (Å²) in [5.41, 5.74) is 3.02. The lowest BCUT2D eigenvalue weighted by Gasteiger charge is -2.33. The van der Waals surface area contributed by atoms with Crippen molar-refractivity contribution in [3.05, 3.63) is 0 Å². The zero-order valence-corrected chi connectivity index (χ0v) is 10.2. The lowest BCUT2D eigenvalue weighted by Crippen LogP contribution is -2.56. The van der Waals surface area contributed by atoms with Gasteiger partial charge in [0.05, 0.1) is 6.04 Å². The predicted molar refractivity (Wildman–Crippen MR) is 62.8 cm³/mol. The van der Waals surface area contributed by atoms with E-state index in [1.54, 1.807) is 0 Å². The Hall–Kier alpha value is -0.650. The van der Waals surface area contributed by atoms with Gasteiger partial charge in [0.25, 0.3) is 5.91 Å². The number of nitrogens with zero attached hydrogens (tertiary/aromatic N) is 2.